The Morgan fingerprint density at radius 3 is 2.90 bits per heavy atom. The third-order valence-electron chi connectivity index (χ3n) is 3.30. The fraction of sp³-hybridized carbons (Fsp3) is 0.385. The summed E-state index contributed by atoms with van der Waals surface area (Å²) in [6, 6.07) is 5.19. The van der Waals surface area contributed by atoms with E-state index in [1.165, 1.54) is 6.33 Å². The first-order valence-electron chi connectivity index (χ1n) is 6.43. The summed E-state index contributed by atoms with van der Waals surface area (Å²) >= 11 is 12.3. The molecule has 0 amide bonds. The molecule has 2 N–H and O–H groups in total. The monoisotopic (exact) mass is 328 g/mol. The molecule has 21 heavy (non-hydrogen) atoms. The van der Waals surface area contributed by atoms with Crippen LogP contribution in [-0.4, -0.2) is 34.0 Å². The topological polar surface area (TPSA) is 75.2 Å². The molecule has 2 unspecified atom stereocenters. The normalized spacial score (nSPS) is 25.4. The zero-order valence-corrected chi connectivity index (χ0v) is 12.6. The van der Waals surface area contributed by atoms with Gasteiger partial charge in [0.05, 0.1) is 17.7 Å². The predicted octanol–water partition coefficient (Wildman–Crippen LogP) is 1.81. The Hall–Kier alpha value is -1.18. The molecular formula is C13H14Cl2N4O2. The maximum absolute atomic E-state index is 6.31. The molecule has 1 aliphatic heterocycles. The van der Waals surface area contributed by atoms with Gasteiger partial charge in [-0.1, -0.05) is 29.3 Å². The van der Waals surface area contributed by atoms with Crippen LogP contribution in [-0.2, 0) is 21.8 Å². The van der Waals surface area contributed by atoms with Gasteiger partial charge in [0.25, 0.3) is 0 Å². The third-order valence-corrected chi connectivity index (χ3v) is 3.85. The molecule has 1 saturated heterocycles. The Balaban J connectivity index is 1.99. The van der Waals surface area contributed by atoms with Crippen LogP contribution in [0.1, 0.15) is 5.56 Å². The fourth-order valence-electron chi connectivity index (χ4n) is 2.32. The second kappa shape index (κ2) is 5.90. The smallest absolute Gasteiger partial charge is 0.217 e. The molecule has 1 fully saturated rings. The first-order valence-corrected chi connectivity index (χ1v) is 7.18. The van der Waals surface area contributed by atoms with Gasteiger partial charge >= 0.3 is 0 Å². The van der Waals surface area contributed by atoms with Crippen LogP contribution in [0.2, 0.25) is 10.0 Å². The number of hydrogen-bond donors (Lipinski definition) is 1. The molecule has 1 aliphatic rings. The van der Waals surface area contributed by atoms with E-state index in [-0.39, 0.29) is 6.10 Å². The van der Waals surface area contributed by atoms with E-state index in [0.29, 0.717) is 35.3 Å². The van der Waals surface area contributed by atoms with Crippen LogP contribution in [0, 0.1) is 0 Å². The molecule has 1 aromatic carbocycles. The van der Waals surface area contributed by atoms with E-state index in [1.807, 2.05) is 0 Å². The molecule has 2 heterocycles. The minimum atomic E-state index is -1.04. The number of nitrogens with zero attached hydrogens (tertiary/aromatic N) is 3. The summed E-state index contributed by atoms with van der Waals surface area (Å²) in [5.41, 5.74) is 6.37. The minimum Gasteiger partial charge on any atom is -0.342 e. The second-order valence-corrected chi connectivity index (χ2v) is 5.60. The first-order chi connectivity index (χ1) is 10.1. The van der Waals surface area contributed by atoms with Gasteiger partial charge in [-0.2, -0.15) is 5.10 Å². The number of ether oxygens (including phenoxy) is 2. The van der Waals surface area contributed by atoms with Crippen molar-refractivity contribution in [3.05, 3.63) is 46.5 Å². The van der Waals surface area contributed by atoms with Gasteiger partial charge in [-0.25, -0.2) is 9.67 Å². The van der Waals surface area contributed by atoms with Crippen LogP contribution in [0.5, 0.6) is 0 Å². The third kappa shape index (κ3) is 2.90. The van der Waals surface area contributed by atoms with Crippen molar-refractivity contribution in [2.24, 2.45) is 5.73 Å². The molecule has 0 aliphatic carbocycles. The highest BCUT2D eigenvalue weighted by atomic mass is 35.5. The van der Waals surface area contributed by atoms with Gasteiger partial charge in [0.1, 0.15) is 19.2 Å². The van der Waals surface area contributed by atoms with Crippen molar-refractivity contribution in [1.29, 1.82) is 0 Å². The largest absolute Gasteiger partial charge is 0.342 e. The molecule has 0 bridgehead atoms. The number of benzene rings is 1. The Morgan fingerprint density at radius 2 is 2.29 bits per heavy atom. The quantitative estimate of drug-likeness (QED) is 0.926. The van der Waals surface area contributed by atoms with Crippen LogP contribution in [0.15, 0.2) is 30.9 Å². The summed E-state index contributed by atoms with van der Waals surface area (Å²) in [6.07, 6.45) is 2.85. The number of nitrogens with two attached hydrogens (primary N) is 1. The van der Waals surface area contributed by atoms with E-state index < -0.39 is 5.79 Å². The Kier molecular flexibility index (Phi) is 4.14. The molecule has 2 atom stereocenters. The number of aromatic nitrogens is 3. The maximum Gasteiger partial charge on any atom is 0.217 e. The molecule has 0 saturated carbocycles. The molecule has 1 aromatic heterocycles. The van der Waals surface area contributed by atoms with Crippen molar-refractivity contribution in [2.75, 3.05) is 13.2 Å². The van der Waals surface area contributed by atoms with E-state index in [9.17, 15) is 0 Å². The Morgan fingerprint density at radius 1 is 1.43 bits per heavy atom. The standard InChI is InChI=1S/C13H14Cl2N4O2/c14-9-1-2-11(12(15)3-9)13(6-19-8-17-7-18-19)20-5-10(4-16)21-13/h1-3,7-8,10H,4-6,16H2. The van der Waals surface area contributed by atoms with Crippen molar-refractivity contribution in [3.63, 3.8) is 0 Å². The van der Waals surface area contributed by atoms with Crippen LogP contribution in [0.3, 0.4) is 0 Å². The molecule has 3 rings (SSSR count). The summed E-state index contributed by atoms with van der Waals surface area (Å²) < 4.78 is 13.5. The van der Waals surface area contributed by atoms with Crippen molar-refractivity contribution in [3.8, 4) is 0 Å². The number of hydrogen-bond acceptors (Lipinski definition) is 5. The lowest BCUT2D eigenvalue weighted by molar-refractivity contribution is -0.187. The zero-order chi connectivity index (χ0) is 14.9. The predicted molar refractivity (Wildman–Crippen MR) is 78.0 cm³/mol. The summed E-state index contributed by atoms with van der Waals surface area (Å²) in [5, 5.41) is 5.12. The highest BCUT2D eigenvalue weighted by molar-refractivity contribution is 6.35. The lowest BCUT2D eigenvalue weighted by atomic mass is 10.1. The van der Waals surface area contributed by atoms with Crippen LogP contribution in [0.4, 0.5) is 0 Å². The van der Waals surface area contributed by atoms with Crippen molar-refractivity contribution < 1.29 is 9.47 Å². The van der Waals surface area contributed by atoms with Gasteiger partial charge in [-0.15, -0.1) is 0 Å². The van der Waals surface area contributed by atoms with Crippen LogP contribution in [0.25, 0.3) is 0 Å². The molecule has 8 heteroatoms. The highest BCUT2D eigenvalue weighted by Gasteiger charge is 2.44. The van der Waals surface area contributed by atoms with Gasteiger partial charge in [0, 0.05) is 17.1 Å². The first kappa shape index (κ1) is 14.7. The molecule has 0 spiro atoms. The van der Waals surface area contributed by atoms with Gasteiger partial charge in [0.2, 0.25) is 5.79 Å². The average Bonchev–Trinajstić information content (AvgIpc) is 3.09. The van der Waals surface area contributed by atoms with E-state index in [4.69, 9.17) is 38.4 Å². The summed E-state index contributed by atoms with van der Waals surface area (Å²) in [7, 11) is 0. The molecule has 112 valence electrons. The van der Waals surface area contributed by atoms with Gasteiger partial charge < -0.3 is 15.2 Å². The van der Waals surface area contributed by atoms with Gasteiger partial charge in [-0.3, -0.25) is 0 Å². The molecule has 0 radical (unpaired) electrons. The van der Waals surface area contributed by atoms with Crippen molar-refractivity contribution >= 4 is 23.2 Å². The SMILES string of the molecule is NCC1COC(Cn2cncn2)(c2ccc(Cl)cc2Cl)O1. The second-order valence-electron chi connectivity index (χ2n) is 4.76. The number of halogens is 2. The highest BCUT2D eigenvalue weighted by Crippen LogP contribution is 2.40. The summed E-state index contributed by atoms with van der Waals surface area (Å²) in [5.74, 6) is -1.04. The maximum atomic E-state index is 6.31. The zero-order valence-electron chi connectivity index (χ0n) is 11.1. The minimum absolute atomic E-state index is 0.194. The fourth-order valence-corrected chi connectivity index (χ4v) is 2.87. The molecule has 2 aromatic rings. The average molecular weight is 329 g/mol. The van der Waals surface area contributed by atoms with Gasteiger partial charge in [0.15, 0.2) is 0 Å². The van der Waals surface area contributed by atoms with E-state index >= 15 is 0 Å². The Bertz CT molecular complexity index is 623. The van der Waals surface area contributed by atoms with E-state index in [2.05, 4.69) is 10.1 Å². The lowest BCUT2D eigenvalue weighted by Gasteiger charge is -2.29. The van der Waals surface area contributed by atoms with E-state index in [0.717, 1.165) is 0 Å². The Labute approximate surface area is 131 Å². The van der Waals surface area contributed by atoms with Gasteiger partial charge in [-0.05, 0) is 12.1 Å². The lowest BCUT2D eigenvalue weighted by Crippen LogP contribution is -2.35. The summed E-state index contributed by atoms with van der Waals surface area (Å²) in [6.45, 7) is 1.08. The van der Waals surface area contributed by atoms with Crippen LogP contribution < -0.4 is 5.73 Å². The summed E-state index contributed by atoms with van der Waals surface area (Å²) in [4.78, 5) is 3.93. The number of rotatable bonds is 4. The van der Waals surface area contributed by atoms with Crippen molar-refractivity contribution in [2.45, 2.75) is 18.4 Å². The van der Waals surface area contributed by atoms with Crippen molar-refractivity contribution in [1.82, 2.24) is 14.8 Å². The van der Waals surface area contributed by atoms with Crippen LogP contribution >= 0.6 is 23.2 Å². The van der Waals surface area contributed by atoms with E-state index in [1.54, 1.807) is 29.2 Å². The molecular weight excluding hydrogens is 315 g/mol. The molecule has 6 nitrogen and oxygen atoms in total.